The minimum atomic E-state index is -3.05. The molecule has 0 fully saturated rings. The zero-order valence-corrected chi connectivity index (χ0v) is 12.2. The quantitative estimate of drug-likeness (QED) is 0.803. The van der Waals surface area contributed by atoms with E-state index in [2.05, 4.69) is 20.4 Å². The van der Waals surface area contributed by atoms with Crippen molar-refractivity contribution in [2.75, 3.05) is 5.32 Å². The first-order valence-electron chi connectivity index (χ1n) is 6.84. The summed E-state index contributed by atoms with van der Waals surface area (Å²) in [6.07, 6.45) is 5.54. The highest BCUT2D eigenvalue weighted by Crippen LogP contribution is 2.20. The van der Waals surface area contributed by atoms with E-state index in [-0.39, 0.29) is 0 Å². The molecule has 0 aliphatic heterocycles. The number of amides is 1. The van der Waals surface area contributed by atoms with Crippen LogP contribution in [0.5, 0.6) is 0 Å². The number of halogens is 2. The molecule has 6 nitrogen and oxygen atoms in total. The van der Waals surface area contributed by atoms with Gasteiger partial charge in [-0.15, -0.1) is 5.10 Å². The van der Waals surface area contributed by atoms with Gasteiger partial charge in [0.2, 0.25) is 5.91 Å². The Kier molecular flexibility index (Phi) is 3.73. The molecule has 0 aliphatic rings. The second-order valence-corrected chi connectivity index (χ2v) is 5.22. The van der Waals surface area contributed by atoms with Crippen LogP contribution in [0.3, 0.4) is 0 Å². The molecule has 118 valence electrons. The van der Waals surface area contributed by atoms with Crippen LogP contribution in [0.4, 0.5) is 14.5 Å². The summed E-state index contributed by atoms with van der Waals surface area (Å²) >= 11 is 0. The van der Waals surface area contributed by atoms with Gasteiger partial charge in [-0.05, 0) is 25.1 Å². The highest BCUT2D eigenvalue weighted by Gasteiger charge is 2.25. The molecule has 0 bridgehead atoms. The summed E-state index contributed by atoms with van der Waals surface area (Å²) in [6, 6.07) is 5.25. The molecule has 8 heteroatoms. The van der Waals surface area contributed by atoms with E-state index in [4.69, 9.17) is 0 Å². The maximum absolute atomic E-state index is 12.8. The molecule has 0 unspecified atom stereocenters. The number of aromatic nitrogens is 4. The summed E-state index contributed by atoms with van der Waals surface area (Å²) in [5.41, 5.74) is 1.59. The van der Waals surface area contributed by atoms with Crippen LogP contribution in [-0.4, -0.2) is 31.6 Å². The van der Waals surface area contributed by atoms with Gasteiger partial charge < -0.3 is 5.32 Å². The van der Waals surface area contributed by atoms with Gasteiger partial charge in [0.1, 0.15) is 0 Å². The first-order valence-corrected chi connectivity index (χ1v) is 6.84. The Labute approximate surface area is 130 Å². The van der Waals surface area contributed by atoms with Crippen molar-refractivity contribution in [3.05, 3.63) is 43.0 Å². The first-order chi connectivity index (χ1) is 10.9. The van der Waals surface area contributed by atoms with Gasteiger partial charge in [0.15, 0.2) is 5.65 Å². The molecule has 23 heavy (non-hydrogen) atoms. The van der Waals surface area contributed by atoms with Gasteiger partial charge in [0, 0.05) is 17.8 Å². The van der Waals surface area contributed by atoms with Crippen LogP contribution in [0.1, 0.15) is 13.3 Å². The molecule has 3 aromatic rings. The van der Waals surface area contributed by atoms with Crippen molar-refractivity contribution in [1.82, 2.24) is 19.7 Å². The van der Waals surface area contributed by atoms with Crippen LogP contribution < -0.4 is 5.32 Å². The predicted molar refractivity (Wildman–Crippen MR) is 80.5 cm³/mol. The fourth-order valence-electron chi connectivity index (χ4n) is 2.09. The second-order valence-electron chi connectivity index (χ2n) is 5.22. The van der Waals surface area contributed by atoms with Crippen molar-refractivity contribution in [2.24, 2.45) is 0 Å². The van der Waals surface area contributed by atoms with E-state index in [1.165, 1.54) is 6.20 Å². The fraction of sp³-hybridized carbons (Fsp3) is 0.200. The van der Waals surface area contributed by atoms with Crippen LogP contribution in [0.15, 0.2) is 43.0 Å². The van der Waals surface area contributed by atoms with Crippen molar-refractivity contribution < 1.29 is 13.6 Å². The third-order valence-corrected chi connectivity index (χ3v) is 3.02. The molecule has 0 radical (unpaired) electrons. The summed E-state index contributed by atoms with van der Waals surface area (Å²) in [5.74, 6) is -3.81. The molecule has 3 heterocycles. The van der Waals surface area contributed by atoms with E-state index in [0.29, 0.717) is 23.6 Å². The molecule has 3 aromatic heterocycles. The number of nitrogens with zero attached hydrogens (tertiary/aromatic N) is 4. The maximum Gasteiger partial charge on any atom is 0.254 e. The lowest BCUT2D eigenvalue weighted by Crippen LogP contribution is -2.22. The Morgan fingerprint density at radius 1 is 1.39 bits per heavy atom. The molecule has 0 atom stereocenters. The maximum atomic E-state index is 12.8. The number of nitrogens with one attached hydrogen (secondary N) is 1. The van der Waals surface area contributed by atoms with Crippen molar-refractivity contribution in [1.29, 1.82) is 0 Å². The Morgan fingerprint density at radius 3 is 2.91 bits per heavy atom. The van der Waals surface area contributed by atoms with Crippen LogP contribution in [0.25, 0.3) is 16.7 Å². The second kappa shape index (κ2) is 5.71. The topological polar surface area (TPSA) is 72.7 Å². The van der Waals surface area contributed by atoms with Gasteiger partial charge in [-0.1, -0.05) is 0 Å². The van der Waals surface area contributed by atoms with Gasteiger partial charge in [0.25, 0.3) is 5.92 Å². The van der Waals surface area contributed by atoms with Gasteiger partial charge in [-0.25, -0.2) is 18.4 Å². The van der Waals surface area contributed by atoms with E-state index >= 15 is 0 Å². The standard InChI is InChI=1S/C15H13F2N5O/c1-15(16,17)6-13(23)20-11-5-10-9-22(21-14(10)19-7-11)12-3-2-4-18-8-12/h2-5,7-9H,6H2,1H3,(H,20,23). The van der Waals surface area contributed by atoms with Crippen molar-refractivity contribution in [2.45, 2.75) is 19.3 Å². The van der Waals surface area contributed by atoms with Gasteiger partial charge in [-0.2, -0.15) is 0 Å². The van der Waals surface area contributed by atoms with Crippen LogP contribution in [0, 0.1) is 0 Å². The van der Waals surface area contributed by atoms with E-state index in [0.717, 1.165) is 5.69 Å². The molecule has 1 N–H and O–H groups in total. The summed E-state index contributed by atoms with van der Waals surface area (Å²) in [4.78, 5) is 19.7. The Bertz CT molecular complexity index is 842. The Morgan fingerprint density at radius 2 is 2.22 bits per heavy atom. The molecule has 0 spiro atoms. The first kappa shape index (κ1) is 15.0. The van der Waals surface area contributed by atoms with E-state index in [9.17, 15) is 13.6 Å². The lowest BCUT2D eigenvalue weighted by atomic mass is 10.2. The number of carbonyl (C=O) groups is 1. The zero-order chi connectivity index (χ0) is 16.4. The number of carbonyl (C=O) groups excluding carboxylic acids is 1. The number of fused-ring (bicyclic) bond motifs is 1. The van der Waals surface area contributed by atoms with E-state index in [1.807, 2.05) is 6.07 Å². The number of alkyl halides is 2. The lowest BCUT2D eigenvalue weighted by Gasteiger charge is -2.09. The molecule has 0 aromatic carbocycles. The molecule has 0 saturated heterocycles. The van der Waals surface area contributed by atoms with Crippen molar-refractivity contribution >= 4 is 22.6 Å². The van der Waals surface area contributed by atoms with Gasteiger partial charge in [0.05, 0.1) is 30.2 Å². The SMILES string of the molecule is CC(F)(F)CC(=O)Nc1cnc2nn(-c3cccnc3)cc2c1. The van der Waals surface area contributed by atoms with Crippen molar-refractivity contribution in [3.8, 4) is 5.69 Å². The van der Waals surface area contributed by atoms with E-state index in [1.54, 1.807) is 35.4 Å². The van der Waals surface area contributed by atoms with E-state index < -0.39 is 18.3 Å². The molecule has 0 aliphatic carbocycles. The summed E-state index contributed by atoms with van der Waals surface area (Å²) in [7, 11) is 0. The molecule has 1 amide bonds. The molecule has 3 rings (SSSR count). The van der Waals surface area contributed by atoms with Gasteiger partial charge >= 0.3 is 0 Å². The third kappa shape index (κ3) is 3.65. The highest BCUT2D eigenvalue weighted by atomic mass is 19.3. The van der Waals surface area contributed by atoms with Crippen LogP contribution >= 0.6 is 0 Å². The van der Waals surface area contributed by atoms with Crippen molar-refractivity contribution in [3.63, 3.8) is 0 Å². The van der Waals surface area contributed by atoms with Crippen LogP contribution in [0.2, 0.25) is 0 Å². The minimum absolute atomic E-state index is 0.345. The Balaban J connectivity index is 1.84. The zero-order valence-electron chi connectivity index (χ0n) is 12.2. The number of hydrogen-bond acceptors (Lipinski definition) is 4. The molecular weight excluding hydrogens is 304 g/mol. The van der Waals surface area contributed by atoms with Crippen LogP contribution in [-0.2, 0) is 4.79 Å². The number of anilines is 1. The average Bonchev–Trinajstić information content (AvgIpc) is 2.89. The molecular formula is C15H13F2N5O. The number of hydrogen-bond donors (Lipinski definition) is 1. The largest absolute Gasteiger partial charge is 0.325 e. The normalized spacial score (nSPS) is 11.6. The third-order valence-electron chi connectivity index (χ3n) is 3.02. The lowest BCUT2D eigenvalue weighted by molar-refractivity contribution is -0.122. The Hall–Kier alpha value is -2.90. The summed E-state index contributed by atoms with van der Waals surface area (Å²) in [5, 5.41) is 7.38. The van der Waals surface area contributed by atoms with Gasteiger partial charge in [-0.3, -0.25) is 9.78 Å². The number of pyridine rings is 2. The summed E-state index contributed by atoms with van der Waals surface area (Å²) in [6.45, 7) is 0.700. The smallest absolute Gasteiger partial charge is 0.254 e. The molecule has 0 saturated carbocycles. The highest BCUT2D eigenvalue weighted by molar-refractivity contribution is 5.93. The minimum Gasteiger partial charge on any atom is -0.325 e. The fourth-order valence-corrected chi connectivity index (χ4v) is 2.09. The predicted octanol–water partition coefficient (Wildman–Crippen LogP) is 2.80. The average molecular weight is 317 g/mol. The monoisotopic (exact) mass is 317 g/mol. The number of rotatable bonds is 4. The summed E-state index contributed by atoms with van der Waals surface area (Å²) < 4.78 is 27.3.